The molecule has 0 unspecified atom stereocenters. The van der Waals surface area contributed by atoms with Crippen molar-refractivity contribution >= 4 is 23.3 Å². The number of rotatable bonds is 6. The van der Waals surface area contributed by atoms with Gasteiger partial charge in [-0.05, 0) is 86.1 Å². The topological polar surface area (TPSA) is 70.1 Å². The third-order valence-electron chi connectivity index (χ3n) is 6.76. The standard InChI is InChI=1S/C14H18FNO2.C13H16FNO2/c1-18-14(17)10-11-6-8-16(9-7-11)13-4-2-12(15)3-5-13;14-11-1-3-12(4-2-11)15-7-5-10(6-8-15)9-13(16)17/h2-5,11H,6-10H2,1H3;1-4,10H,5-9H2,(H,16,17). The van der Waals surface area contributed by atoms with Crippen molar-refractivity contribution in [1.82, 2.24) is 0 Å². The van der Waals surface area contributed by atoms with Gasteiger partial charge in [-0.2, -0.15) is 0 Å². The second kappa shape index (κ2) is 13.1. The molecule has 0 amide bonds. The summed E-state index contributed by atoms with van der Waals surface area (Å²) in [5.74, 6) is -0.590. The molecule has 2 heterocycles. The lowest BCUT2D eigenvalue weighted by atomic mass is 9.93. The molecule has 2 aromatic carbocycles. The minimum absolute atomic E-state index is 0.129. The van der Waals surface area contributed by atoms with E-state index in [0.29, 0.717) is 12.3 Å². The molecule has 4 rings (SSSR count). The third-order valence-corrected chi connectivity index (χ3v) is 6.76. The van der Waals surface area contributed by atoms with Gasteiger partial charge in [0.2, 0.25) is 0 Å². The molecule has 0 aromatic heterocycles. The summed E-state index contributed by atoms with van der Waals surface area (Å²) in [5.41, 5.74) is 2.06. The summed E-state index contributed by atoms with van der Waals surface area (Å²) in [5, 5.41) is 8.72. The molecule has 2 aliphatic rings. The number of carbonyl (C=O) groups is 2. The van der Waals surface area contributed by atoms with Crippen LogP contribution in [0.15, 0.2) is 48.5 Å². The first-order chi connectivity index (χ1) is 16.8. The maximum atomic E-state index is 12.8. The number of esters is 1. The zero-order valence-corrected chi connectivity index (χ0v) is 20.2. The molecule has 0 saturated carbocycles. The van der Waals surface area contributed by atoms with E-state index < -0.39 is 5.97 Å². The van der Waals surface area contributed by atoms with Gasteiger partial charge < -0.3 is 19.6 Å². The highest BCUT2D eigenvalue weighted by atomic mass is 19.1. The average Bonchev–Trinajstić information content (AvgIpc) is 2.86. The first-order valence-corrected chi connectivity index (χ1v) is 12.1. The molecule has 0 atom stereocenters. The van der Waals surface area contributed by atoms with Crippen LogP contribution in [0.25, 0.3) is 0 Å². The van der Waals surface area contributed by atoms with Gasteiger partial charge in [0.05, 0.1) is 7.11 Å². The van der Waals surface area contributed by atoms with Gasteiger partial charge in [0, 0.05) is 50.4 Å². The normalized spacial score (nSPS) is 16.9. The Balaban J connectivity index is 0.000000196. The highest BCUT2D eigenvalue weighted by Gasteiger charge is 2.22. The van der Waals surface area contributed by atoms with Gasteiger partial charge in [-0.15, -0.1) is 0 Å². The maximum absolute atomic E-state index is 12.8. The molecule has 6 nitrogen and oxygen atoms in total. The summed E-state index contributed by atoms with van der Waals surface area (Å²) in [6.45, 7) is 3.52. The number of hydrogen-bond acceptors (Lipinski definition) is 5. The summed E-state index contributed by atoms with van der Waals surface area (Å²) >= 11 is 0. The van der Waals surface area contributed by atoms with E-state index in [1.165, 1.54) is 31.4 Å². The first-order valence-electron chi connectivity index (χ1n) is 12.1. The number of piperidine rings is 2. The smallest absolute Gasteiger partial charge is 0.305 e. The van der Waals surface area contributed by atoms with E-state index in [4.69, 9.17) is 5.11 Å². The van der Waals surface area contributed by atoms with Crippen LogP contribution < -0.4 is 9.80 Å². The molecule has 0 radical (unpaired) electrons. The van der Waals surface area contributed by atoms with Gasteiger partial charge in [0.25, 0.3) is 0 Å². The highest BCUT2D eigenvalue weighted by molar-refractivity contribution is 5.69. The van der Waals surface area contributed by atoms with E-state index in [9.17, 15) is 18.4 Å². The van der Waals surface area contributed by atoms with Crippen LogP contribution in [0.1, 0.15) is 38.5 Å². The molecule has 0 bridgehead atoms. The predicted molar refractivity (Wildman–Crippen MR) is 132 cm³/mol. The largest absolute Gasteiger partial charge is 0.481 e. The summed E-state index contributed by atoms with van der Waals surface area (Å²) in [7, 11) is 1.43. The van der Waals surface area contributed by atoms with E-state index in [2.05, 4.69) is 14.5 Å². The summed E-state index contributed by atoms with van der Waals surface area (Å²) < 4.78 is 30.3. The van der Waals surface area contributed by atoms with Crippen LogP contribution in [0.4, 0.5) is 20.2 Å². The van der Waals surface area contributed by atoms with Crippen LogP contribution >= 0.6 is 0 Å². The number of ether oxygens (including phenoxy) is 1. The van der Waals surface area contributed by atoms with Gasteiger partial charge in [0.15, 0.2) is 0 Å². The molecule has 1 N–H and O–H groups in total. The van der Waals surface area contributed by atoms with E-state index in [1.807, 2.05) is 0 Å². The van der Waals surface area contributed by atoms with Crippen molar-refractivity contribution in [3.8, 4) is 0 Å². The number of hydrogen-bond donors (Lipinski definition) is 1. The zero-order valence-electron chi connectivity index (χ0n) is 20.2. The predicted octanol–water partition coefficient (Wildman–Crippen LogP) is 5.12. The molecule has 0 spiro atoms. The van der Waals surface area contributed by atoms with Crippen LogP contribution in [0, 0.1) is 23.5 Å². The Morgan fingerprint density at radius 2 is 1.14 bits per heavy atom. The Morgan fingerprint density at radius 1 is 0.771 bits per heavy atom. The molecule has 0 aliphatic carbocycles. The zero-order chi connectivity index (χ0) is 25.2. The number of halogens is 2. The van der Waals surface area contributed by atoms with Gasteiger partial charge in [-0.25, -0.2) is 8.78 Å². The van der Waals surface area contributed by atoms with Gasteiger partial charge in [-0.3, -0.25) is 9.59 Å². The number of aliphatic carboxylic acids is 1. The second-order valence-corrected chi connectivity index (χ2v) is 9.19. The van der Waals surface area contributed by atoms with E-state index in [-0.39, 0.29) is 29.9 Å². The minimum Gasteiger partial charge on any atom is -0.481 e. The maximum Gasteiger partial charge on any atom is 0.305 e. The molecular formula is C27H34F2N2O4. The van der Waals surface area contributed by atoms with Crippen LogP contribution in [-0.2, 0) is 14.3 Å². The highest BCUT2D eigenvalue weighted by Crippen LogP contribution is 2.26. The molecule has 35 heavy (non-hydrogen) atoms. The third kappa shape index (κ3) is 8.53. The van der Waals surface area contributed by atoms with Gasteiger partial charge in [-0.1, -0.05) is 0 Å². The monoisotopic (exact) mass is 488 g/mol. The molecule has 190 valence electrons. The number of nitrogens with zero attached hydrogens (tertiary/aromatic N) is 2. The van der Waals surface area contributed by atoms with Gasteiger partial charge >= 0.3 is 11.9 Å². The van der Waals surface area contributed by atoms with Crippen LogP contribution in [-0.4, -0.2) is 50.3 Å². The first kappa shape index (κ1) is 26.4. The summed E-state index contributed by atoms with van der Waals surface area (Å²) in [4.78, 5) is 26.2. The molecular weight excluding hydrogens is 454 g/mol. The average molecular weight is 489 g/mol. The van der Waals surface area contributed by atoms with E-state index >= 15 is 0 Å². The van der Waals surface area contributed by atoms with Crippen molar-refractivity contribution in [2.24, 2.45) is 11.8 Å². The van der Waals surface area contributed by atoms with Crippen molar-refractivity contribution in [1.29, 1.82) is 0 Å². The Morgan fingerprint density at radius 3 is 1.49 bits per heavy atom. The minimum atomic E-state index is -0.717. The Kier molecular flexibility index (Phi) is 9.87. The van der Waals surface area contributed by atoms with Crippen LogP contribution in [0.3, 0.4) is 0 Å². The number of carbonyl (C=O) groups excluding carboxylic acids is 1. The van der Waals surface area contributed by atoms with Crippen molar-refractivity contribution in [3.05, 3.63) is 60.2 Å². The molecule has 2 fully saturated rings. The summed E-state index contributed by atoms with van der Waals surface area (Å²) in [6, 6.07) is 13.0. The number of methoxy groups -OCH3 is 1. The van der Waals surface area contributed by atoms with Crippen molar-refractivity contribution in [3.63, 3.8) is 0 Å². The van der Waals surface area contributed by atoms with Crippen molar-refractivity contribution < 1.29 is 28.2 Å². The molecule has 2 aromatic rings. The van der Waals surface area contributed by atoms with E-state index in [1.54, 1.807) is 24.3 Å². The SMILES string of the molecule is COC(=O)CC1CCN(c2ccc(F)cc2)CC1.O=C(O)CC1CCN(c2ccc(F)cc2)CC1. The Labute approximate surface area is 205 Å². The van der Waals surface area contributed by atoms with Gasteiger partial charge in [0.1, 0.15) is 11.6 Å². The number of anilines is 2. The Hall–Kier alpha value is -3.16. The fourth-order valence-corrected chi connectivity index (χ4v) is 4.66. The fourth-order valence-electron chi connectivity index (χ4n) is 4.66. The molecule has 8 heteroatoms. The number of benzene rings is 2. The molecule has 2 saturated heterocycles. The second-order valence-electron chi connectivity index (χ2n) is 9.19. The lowest BCUT2D eigenvalue weighted by Gasteiger charge is -2.33. The number of carboxylic acid groups (broad SMARTS) is 1. The van der Waals surface area contributed by atoms with Crippen LogP contribution in [0.2, 0.25) is 0 Å². The summed E-state index contributed by atoms with van der Waals surface area (Å²) in [6.07, 6.45) is 4.51. The van der Waals surface area contributed by atoms with E-state index in [0.717, 1.165) is 63.2 Å². The lowest BCUT2D eigenvalue weighted by molar-refractivity contribution is -0.142. The fraction of sp³-hybridized carbons (Fsp3) is 0.481. The lowest BCUT2D eigenvalue weighted by Crippen LogP contribution is -2.34. The Bertz CT molecular complexity index is 937. The van der Waals surface area contributed by atoms with Crippen molar-refractivity contribution in [2.75, 3.05) is 43.1 Å². The quantitative estimate of drug-likeness (QED) is 0.569. The van der Waals surface area contributed by atoms with Crippen LogP contribution in [0.5, 0.6) is 0 Å². The molecule has 2 aliphatic heterocycles. The number of carboxylic acids is 1. The van der Waals surface area contributed by atoms with Crippen molar-refractivity contribution in [2.45, 2.75) is 38.5 Å².